The van der Waals surface area contributed by atoms with Gasteiger partial charge in [0.25, 0.3) is 6.36 Å². The van der Waals surface area contributed by atoms with Gasteiger partial charge in [0.15, 0.2) is 0 Å². The summed E-state index contributed by atoms with van der Waals surface area (Å²) < 4.78 is 43.7. The fraction of sp³-hybridized carbons (Fsp3) is 0.333. The maximum absolute atomic E-state index is 13.2. The van der Waals surface area contributed by atoms with E-state index in [1.807, 2.05) is 0 Å². The van der Waals surface area contributed by atoms with Crippen molar-refractivity contribution in [1.82, 2.24) is 0 Å². The monoisotopic (exact) mass is 284 g/mol. The van der Waals surface area contributed by atoms with E-state index in [2.05, 4.69) is 20.7 Å². The van der Waals surface area contributed by atoms with Crippen LogP contribution >= 0.6 is 15.9 Å². The maximum Gasteiger partial charge on any atom is 0.331 e. The fourth-order valence-electron chi connectivity index (χ4n) is 1.07. The molecule has 0 bridgehead atoms. The predicted molar refractivity (Wildman–Crippen MR) is 51.7 cm³/mol. The second kappa shape index (κ2) is 4.40. The molecule has 0 fully saturated rings. The molecule has 1 aromatic carbocycles. The van der Waals surface area contributed by atoms with Crippen LogP contribution in [0.15, 0.2) is 22.7 Å². The van der Waals surface area contributed by atoms with Gasteiger partial charge in [-0.2, -0.15) is 8.78 Å². The zero-order chi connectivity index (χ0) is 11.6. The van der Waals surface area contributed by atoms with Gasteiger partial charge in [-0.15, -0.1) is 0 Å². The molecule has 0 aromatic heterocycles. The largest absolute Gasteiger partial charge is 0.496 e. The molecule has 1 unspecified atom stereocenters. The van der Waals surface area contributed by atoms with Gasteiger partial charge in [-0.3, -0.25) is 0 Å². The molecule has 1 N–H and O–H groups in total. The van der Waals surface area contributed by atoms with E-state index in [1.165, 1.54) is 19.2 Å². The Morgan fingerprint density at radius 3 is 2.53 bits per heavy atom. The number of hydrogen-bond acceptors (Lipinski definition) is 2. The molecule has 0 heterocycles. The third-order valence-corrected chi connectivity index (χ3v) is 2.31. The molecule has 2 nitrogen and oxygen atoms in total. The Balaban J connectivity index is 3.28. The lowest BCUT2D eigenvalue weighted by atomic mass is 10.1. The van der Waals surface area contributed by atoms with E-state index in [9.17, 15) is 13.2 Å². The quantitative estimate of drug-likeness (QED) is 0.925. The third kappa shape index (κ3) is 2.43. The summed E-state index contributed by atoms with van der Waals surface area (Å²) in [5, 5.41) is 8.36. The Bertz CT molecular complexity index is 355. The number of rotatable bonds is 3. The Labute approximate surface area is 92.8 Å². The molecule has 0 spiro atoms. The summed E-state index contributed by atoms with van der Waals surface area (Å²) in [6, 6.07) is 3.74. The standard InChI is InChI=1S/C9H8BrF3O2/c1-15-7-3-2-5(10)4-6(7)9(12,13)8(11)14/h2-4,8,14H,1H3. The highest BCUT2D eigenvalue weighted by molar-refractivity contribution is 9.10. The second-order valence-electron chi connectivity index (χ2n) is 2.80. The number of halogens is 4. The topological polar surface area (TPSA) is 29.5 Å². The highest BCUT2D eigenvalue weighted by Gasteiger charge is 2.43. The van der Waals surface area contributed by atoms with Crippen molar-refractivity contribution in [3.63, 3.8) is 0 Å². The molecule has 0 radical (unpaired) electrons. The molecule has 0 saturated heterocycles. The van der Waals surface area contributed by atoms with Gasteiger partial charge >= 0.3 is 5.92 Å². The lowest BCUT2D eigenvalue weighted by Crippen LogP contribution is -2.27. The van der Waals surface area contributed by atoms with E-state index < -0.39 is 17.8 Å². The zero-order valence-electron chi connectivity index (χ0n) is 7.68. The summed E-state index contributed by atoms with van der Waals surface area (Å²) in [6.45, 7) is 0. The predicted octanol–water partition coefficient (Wildman–Crippen LogP) is 2.84. The van der Waals surface area contributed by atoms with Crippen molar-refractivity contribution < 1.29 is 23.0 Å². The van der Waals surface area contributed by atoms with Crippen molar-refractivity contribution >= 4 is 15.9 Å². The van der Waals surface area contributed by atoms with E-state index in [4.69, 9.17) is 5.11 Å². The van der Waals surface area contributed by atoms with Crippen molar-refractivity contribution in [3.05, 3.63) is 28.2 Å². The number of benzene rings is 1. The van der Waals surface area contributed by atoms with Crippen LogP contribution in [0.5, 0.6) is 5.75 Å². The molecule has 1 aromatic rings. The Hall–Kier alpha value is -0.750. The van der Waals surface area contributed by atoms with Gasteiger partial charge in [-0.1, -0.05) is 15.9 Å². The first-order chi connectivity index (χ1) is 6.89. The molecule has 15 heavy (non-hydrogen) atoms. The van der Waals surface area contributed by atoms with Gasteiger partial charge in [-0.25, -0.2) is 4.39 Å². The minimum absolute atomic E-state index is 0.181. The van der Waals surface area contributed by atoms with Crippen LogP contribution in [0.2, 0.25) is 0 Å². The van der Waals surface area contributed by atoms with Crippen LogP contribution in [0.1, 0.15) is 5.56 Å². The van der Waals surface area contributed by atoms with Crippen molar-refractivity contribution in [2.24, 2.45) is 0 Å². The minimum atomic E-state index is -3.99. The Kier molecular flexibility index (Phi) is 3.62. The summed E-state index contributed by atoms with van der Waals surface area (Å²) in [4.78, 5) is 0. The first-order valence-electron chi connectivity index (χ1n) is 3.93. The van der Waals surface area contributed by atoms with Crippen LogP contribution in [-0.4, -0.2) is 18.6 Å². The normalized spacial score (nSPS) is 13.7. The van der Waals surface area contributed by atoms with Crippen molar-refractivity contribution in [1.29, 1.82) is 0 Å². The smallest absolute Gasteiger partial charge is 0.331 e. The van der Waals surface area contributed by atoms with E-state index in [0.717, 1.165) is 6.07 Å². The van der Waals surface area contributed by atoms with Gasteiger partial charge in [0, 0.05) is 4.47 Å². The summed E-state index contributed by atoms with van der Waals surface area (Å²) in [5.74, 6) is -4.17. The van der Waals surface area contributed by atoms with Crippen LogP contribution in [0.4, 0.5) is 13.2 Å². The zero-order valence-corrected chi connectivity index (χ0v) is 9.26. The number of aliphatic hydroxyl groups excluding tert-OH is 1. The van der Waals surface area contributed by atoms with E-state index >= 15 is 0 Å². The number of ether oxygens (including phenoxy) is 1. The number of hydrogen-bond donors (Lipinski definition) is 1. The lowest BCUT2D eigenvalue weighted by molar-refractivity contribution is -0.175. The average Bonchev–Trinajstić information content (AvgIpc) is 2.17. The number of alkyl halides is 3. The van der Waals surface area contributed by atoms with Crippen molar-refractivity contribution in [2.75, 3.05) is 7.11 Å². The second-order valence-corrected chi connectivity index (χ2v) is 3.72. The molecule has 0 amide bonds. The number of aliphatic hydroxyl groups is 1. The van der Waals surface area contributed by atoms with E-state index in [1.54, 1.807) is 0 Å². The molecule has 0 aliphatic rings. The summed E-state index contributed by atoms with van der Waals surface area (Å²) in [5.41, 5.74) is -0.700. The van der Waals surface area contributed by atoms with Gasteiger partial charge in [-0.05, 0) is 18.2 Å². The number of methoxy groups -OCH3 is 1. The highest BCUT2D eigenvalue weighted by Crippen LogP contribution is 2.39. The van der Waals surface area contributed by atoms with Crippen molar-refractivity contribution in [2.45, 2.75) is 12.3 Å². The van der Waals surface area contributed by atoms with Crippen molar-refractivity contribution in [3.8, 4) is 5.75 Å². The minimum Gasteiger partial charge on any atom is -0.496 e. The van der Waals surface area contributed by atoms with Gasteiger partial charge in [0.05, 0.1) is 12.7 Å². The van der Waals surface area contributed by atoms with E-state index in [0.29, 0.717) is 4.47 Å². The average molecular weight is 285 g/mol. The fourth-order valence-corrected chi connectivity index (χ4v) is 1.43. The summed E-state index contributed by atoms with van der Waals surface area (Å²) >= 11 is 2.97. The SMILES string of the molecule is COc1ccc(Br)cc1C(F)(F)C(O)F. The van der Waals surface area contributed by atoms with Crippen LogP contribution in [0.25, 0.3) is 0 Å². The van der Waals surface area contributed by atoms with Crippen LogP contribution < -0.4 is 4.74 Å². The molecule has 84 valence electrons. The molecule has 1 rings (SSSR count). The molecule has 0 aliphatic carbocycles. The van der Waals surface area contributed by atoms with Crippen LogP contribution in [0, 0.1) is 0 Å². The first-order valence-corrected chi connectivity index (χ1v) is 4.73. The summed E-state index contributed by atoms with van der Waals surface area (Å²) in [6.07, 6.45) is -3.26. The van der Waals surface area contributed by atoms with Gasteiger partial charge < -0.3 is 9.84 Å². The maximum atomic E-state index is 13.2. The molecule has 6 heteroatoms. The summed E-state index contributed by atoms with van der Waals surface area (Å²) in [7, 11) is 1.19. The van der Waals surface area contributed by atoms with Crippen LogP contribution in [-0.2, 0) is 5.92 Å². The van der Waals surface area contributed by atoms with Crippen LogP contribution in [0.3, 0.4) is 0 Å². The molecular formula is C9H8BrF3O2. The van der Waals surface area contributed by atoms with E-state index in [-0.39, 0.29) is 5.75 Å². The molecule has 0 saturated carbocycles. The third-order valence-electron chi connectivity index (χ3n) is 1.82. The molecular weight excluding hydrogens is 277 g/mol. The van der Waals surface area contributed by atoms with Gasteiger partial charge in [0.2, 0.25) is 0 Å². The molecule has 1 atom stereocenters. The first kappa shape index (κ1) is 12.3. The Morgan fingerprint density at radius 1 is 1.47 bits per heavy atom. The molecule has 0 aliphatic heterocycles. The highest BCUT2D eigenvalue weighted by atomic mass is 79.9. The lowest BCUT2D eigenvalue weighted by Gasteiger charge is -2.19. The Morgan fingerprint density at radius 2 is 2.07 bits per heavy atom. The van der Waals surface area contributed by atoms with Gasteiger partial charge in [0.1, 0.15) is 5.75 Å².